The number of amides is 1. The van der Waals surface area contributed by atoms with Gasteiger partial charge in [-0.1, -0.05) is 37.3 Å². The highest BCUT2D eigenvalue weighted by Gasteiger charge is 2.38. The predicted octanol–water partition coefficient (Wildman–Crippen LogP) is 1.69. The van der Waals surface area contributed by atoms with Gasteiger partial charge in [0.15, 0.2) is 0 Å². The van der Waals surface area contributed by atoms with Crippen LogP contribution in [-0.4, -0.2) is 24.8 Å². The normalized spacial score (nSPS) is 27.7. The molecule has 4 heteroatoms. The van der Waals surface area contributed by atoms with Gasteiger partial charge in [0.2, 0.25) is 0 Å². The number of hydrogen-bond donors (Lipinski definition) is 2. The number of primary amides is 1. The Balaban J connectivity index is 2.16. The van der Waals surface area contributed by atoms with Crippen LogP contribution in [-0.2, 0) is 11.2 Å². The topological polar surface area (TPSA) is 64.3 Å². The monoisotopic (exact) mass is 248 g/mol. The molecule has 1 heterocycles. The standard InChI is InChI=1S/C14H20N2O2/c1-11-7-14(10-16-9-11,18-13(15)17)8-12-5-3-2-4-6-12/h2-6,11,16H,7-10H2,1H3,(H2,15,17)/t11-,14+/m1/s1. The summed E-state index contributed by atoms with van der Waals surface area (Å²) >= 11 is 0. The zero-order chi connectivity index (χ0) is 13.0. The molecule has 0 aliphatic carbocycles. The Labute approximate surface area is 108 Å². The number of nitrogens with one attached hydrogen (secondary N) is 1. The molecule has 0 unspecified atom stereocenters. The van der Waals surface area contributed by atoms with E-state index in [1.165, 1.54) is 0 Å². The second-order valence-corrected chi connectivity index (χ2v) is 5.21. The summed E-state index contributed by atoms with van der Waals surface area (Å²) in [7, 11) is 0. The molecule has 1 aromatic rings. The summed E-state index contributed by atoms with van der Waals surface area (Å²) in [5.41, 5.74) is 5.87. The van der Waals surface area contributed by atoms with Crippen molar-refractivity contribution in [2.24, 2.45) is 11.7 Å². The van der Waals surface area contributed by atoms with Crippen molar-refractivity contribution < 1.29 is 9.53 Å². The molecule has 2 rings (SSSR count). The Hall–Kier alpha value is -1.55. The molecule has 98 valence electrons. The van der Waals surface area contributed by atoms with Gasteiger partial charge in [0, 0.05) is 13.0 Å². The first-order valence-corrected chi connectivity index (χ1v) is 6.33. The average molecular weight is 248 g/mol. The Morgan fingerprint density at radius 3 is 2.83 bits per heavy atom. The molecule has 1 aliphatic heterocycles. The van der Waals surface area contributed by atoms with Gasteiger partial charge in [-0.2, -0.15) is 0 Å². The van der Waals surface area contributed by atoms with Gasteiger partial charge < -0.3 is 15.8 Å². The van der Waals surface area contributed by atoms with Crippen molar-refractivity contribution in [1.29, 1.82) is 0 Å². The Morgan fingerprint density at radius 2 is 2.22 bits per heavy atom. The molecule has 4 nitrogen and oxygen atoms in total. The van der Waals surface area contributed by atoms with Crippen molar-refractivity contribution in [3.8, 4) is 0 Å². The molecule has 2 atom stereocenters. The first-order chi connectivity index (χ1) is 8.60. The number of ether oxygens (including phenoxy) is 1. The number of benzene rings is 1. The highest BCUT2D eigenvalue weighted by Crippen LogP contribution is 2.28. The summed E-state index contributed by atoms with van der Waals surface area (Å²) in [6.07, 6.45) is 0.855. The molecule has 0 aromatic heterocycles. The van der Waals surface area contributed by atoms with E-state index in [4.69, 9.17) is 10.5 Å². The third-order valence-corrected chi connectivity index (χ3v) is 3.35. The number of rotatable bonds is 3. The predicted molar refractivity (Wildman–Crippen MR) is 70.2 cm³/mol. The van der Waals surface area contributed by atoms with Crippen molar-refractivity contribution in [1.82, 2.24) is 5.32 Å². The van der Waals surface area contributed by atoms with E-state index in [2.05, 4.69) is 12.2 Å². The van der Waals surface area contributed by atoms with Crippen LogP contribution in [0.3, 0.4) is 0 Å². The maximum absolute atomic E-state index is 11.1. The highest BCUT2D eigenvalue weighted by molar-refractivity contribution is 5.65. The van der Waals surface area contributed by atoms with Crippen LogP contribution in [0.2, 0.25) is 0 Å². The lowest BCUT2D eigenvalue weighted by Gasteiger charge is -2.39. The van der Waals surface area contributed by atoms with E-state index >= 15 is 0 Å². The minimum Gasteiger partial charge on any atom is -0.441 e. The highest BCUT2D eigenvalue weighted by atomic mass is 16.6. The van der Waals surface area contributed by atoms with Crippen LogP contribution in [0, 0.1) is 5.92 Å². The van der Waals surface area contributed by atoms with Gasteiger partial charge in [0.05, 0.1) is 0 Å². The minimum atomic E-state index is -0.693. The minimum absolute atomic E-state index is 0.474. The summed E-state index contributed by atoms with van der Waals surface area (Å²) in [5.74, 6) is 0.474. The van der Waals surface area contributed by atoms with Crippen molar-refractivity contribution in [3.63, 3.8) is 0 Å². The molecule has 0 saturated carbocycles. The number of hydrogen-bond acceptors (Lipinski definition) is 3. The zero-order valence-corrected chi connectivity index (χ0v) is 10.7. The van der Waals surface area contributed by atoms with Gasteiger partial charge in [-0.15, -0.1) is 0 Å². The maximum Gasteiger partial charge on any atom is 0.405 e. The molecule has 1 aliphatic rings. The molecule has 0 bridgehead atoms. The van der Waals surface area contributed by atoms with Gasteiger partial charge in [-0.3, -0.25) is 0 Å². The second kappa shape index (κ2) is 5.40. The Bertz CT molecular complexity index is 408. The van der Waals surface area contributed by atoms with Crippen molar-refractivity contribution >= 4 is 6.09 Å². The van der Waals surface area contributed by atoms with E-state index in [-0.39, 0.29) is 0 Å². The van der Waals surface area contributed by atoms with Crippen LogP contribution in [0.25, 0.3) is 0 Å². The SMILES string of the molecule is C[C@H]1CNC[C@](Cc2ccccc2)(OC(N)=O)C1. The van der Waals surface area contributed by atoms with Gasteiger partial charge >= 0.3 is 6.09 Å². The van der Waals surface area contributed by atoms with E-state index in [0.29, 0.717) is 18.9 Å². The number of piperidine rings is 1. The fourth-order valence-electron chi connectivity index (χ4n) is 2.76. The van der Waals surface area contributed by atoms with Crippen LogP contribution in [0.5, 0.6) is 0 Å². The van der Waals surface area contributed by atoms with Crippen molar-refractivity contribution in [2.45, 2.75) is 25.4 Å². The number of carbonyl (C=O) groups excluding carboxylic acids is 1. The molecular formula is C14H20N2O2. The first-order valence-electron chi connectivity index (χ1n) is 6.33. The smallest absolute Gasteiger partial charge is 0.405 e. The van der Waals surface area contributed by atoms with Crippen molar-refractivity contribution in [2.75, 3.05) is 13.1 Å². The summed E-state index contributed by atoms with van der Waals surface area (Å²) in [6, 6.07) is 10.1. The molecule has 0 spiro atoms. The van der Waals surface area contributed by atoms with Crippen LogP contribution >= 0.6 is 0 Å². The second-order valence-electron chi connectivity index (χ2n) is 5.21. The van der Waals surface area contributed by atoms with E-state index in [1.54, 1.807) is 0 Å². The Kier molecular flexibility index (Phi) is 3.87. The molecule has 1 amide bonds. The van der Waals surface area contributed by atoms with Crippen LogP contribution < -0.4 is 11.1 Å². The third-order valence-electron chi connectivity index (χ3n) is 3.35. The molecule has 18 heavy (non-hydrogen) atoms. The van der Waals surface area contributed by atoms with Crippen LogP contribution in [0.15, 0.2) is 30.3 Å². The average Bonchev–Trinajstić information content (AvgIpc) is 2.28. The number of nitrogens with two attached hydrogens (primary N) is 1. The molecule has 1 saturated heterocycles. The third kappa shape index (κ3) is 3.23. The fraction of sp³-hybridized carbons (Fsp3) is 0.500. The lowest BCUT2D eigenvalue weighted by Crippen LogP contribution is -2.53. The van der Waals surface area contributed by atoms with Crippen LogP contribution in [0.1, 0.15) is 18.9 Å². The van der Waals surface area contributed by atoms with Gasteiger partial charge in [0.1, 0.15) is 5.60 Å². The summed E-state index contributed by atoms with van der Waals surface area (Å²) in [6.45, 7) is 3.77. The van der Waals surface area contributed by atoms with Gasteiger partial charge in [-0.25, -0.2) is 4.79 Å². The summed E-state index contributed by atoms with van der Waals surface area (Å²) < 4.78 is 5.43. The zero-order valence-electron chi connectivity index (χ0n) is 10.7. The number of carbonyl (C=O) groups is 1. The molecule has 3 N–H and O–H groups in total. The lowest BCUT2D eigenvalue weighted by atomic mass is 9.82. The van der Waals surface area contributed by atoms with Gasteiger partial charge in [-0.05, 0) is 24.4 Å². The quantitative estimate of drug-likeness (QED) is 0.855. The Morgan fingerprint density at radius 1 is 1.50 bits per heavy atom. The fourth-order valence-corrected chi connectivity index (χ4v) is 2.76. The summed E-state index contributed by atoms with van der Waals surface area (Å²) in [4.78, 5) is 11.1. The largest absolute Gasteiger partial charge is 0.441 e. The van der Waals surface area contributed by atoms with Crippen LogP contribution in [0.4, 0.5) is 4.79 Å². The lowest BCUT2D eigenvalue weighted by molar-refractivity contribution is -0.0144. The van der Waals surface area contributed by atoms with E-state index in [0.717, 1.165) is 18.5 Å². The molecule has 1 aromatic carbocycles. The molecular weight excluding hydrogens is 228 g/mol. The van der Waals surface area contributed by atoms with E-state index in [9.17, 15) is 4.79 Å². The summed E-state index contributed by atoms with van der Waals surface area (Å²) in [5, 5.41) is 3.32. The van der Waals surface area contributed by atoms with Gasteiger partial charge in [0.25, 0.3) is 0 Å². The first kappa shape index (κ1) is 12.9. The molecule has 1 fully saturated rings. The molecule has 0 radical (unpaired) electrons. The van der Waals surface area contributed by atoms with Crippen molar-refractivity contribution in [3.05, 3.63) is 35.9 Å². The maximum atomic E-state index is 11.1. The van der Waals surface area contributed by atoms with E-state index in [1.807, 2.05) is 30.3 Å². The van der Waals surface area contributed by atoms with E-state index < -0.39 is 11.7 Å².